The van der Waals surface area contributed by atoms with Crippen LogP contribution < -0.4 is 15.8 Å². The second-order valence-corrected chi connectivity index (χ2v) is 10.7. The van der Waals surface area contributed by atoms with Gasteiger partial charge in [-0.1, -0.05) is 6.92 Å². The molecule has 2 N–H and O–H groups in total. The average molecular weight is 528 g/mol. The number of carbonyl (C=O) groups is 1. The standard InChI is InChI=1S/C30H37N7O2/c1-6-21-13-20(4)34-30(39)25(21)17-32-29(38)24-14-23(15-27-26(24)18-33-37(27)19(2)3)22-7-8-28(31-16-22)36-11-9-35(5)10-12-36/h7-8,13-16,18-19H,6,9-12,17H2,1-5H3,(H,32,38)(H,34,39). The fourth-order valence-electron chi connectivity index (χ4n) is 5.25. The highest BCUT2D eigenvalue weighted by molar-refractivity contribution is 6.08. The highest BCUT2D eigenvalue weighted by Gasteiger charge is 2.19. The summed E-state index contributed by atoms with van der Waals surface area (Å²) in [5.74, 6) is 0.724. The number of aromatic amines is 1. The number of carbonyl (C=O) groups excluding carboxylic acids is 1. The monoisotopic (exact) mass is 527 g/mol. The molecule has 4 aromatic rings. The van der Waals surface area contributed by atoms with Crippen molar-refractivity contribution in [2.24, 2.45) is 0 Å². The molecule has 0 unspecified atom stereocenters. The molecule has 0 spiro atoms. The minimum absolute atomic E-state index is 0.129. The molecule has 39 heavy (non-hydrogen) atoms. The van der Waals surface area contributed by atoms with Crippen molar-refractivity contribution in [3.8, 4) is 11.1 Å². The molecule has 9 nitrogen and oxygen atoms in total. The lowest BCUT2D eigenvalue weighted by atomic mass is 10.00. The summed E-state index contributed by atoms with van der Waals surface area (Å²) in [7, 11) is 2.14. The van der Waals surface area contributed by atoms with E-state index in [-0.39, 0.29) is 24.1 Å². The fourth-order valence-corrected chi connectivity index (χ4v) is 5.25. The Labute approximate surface area is 228 Å². The number of aromatic nitrogens is 4. The lowest BCUT2D eigenvalue weighted by Crippen LogP contribution is -2.44. The Kier molecular flexibility index (Phi) is 7.52. The molecule has 1 saturated heterocycles. The number of fused-ring (bicyclic) bond motifs is 1. The number of nitrogens with zero attached hydrogens (tertiary/aromatic N) is 5. The van der Waals surface area contributed by atoms with E-state index in [1.54, 1.807) is 6.20 Å². The summed E-state index contributed by atoms with van der Waals surface area (Å²) >= 11 is 0. The second kappa shape index (κ2) is 11.0. The van der Waals surface area contributed by atoms with Crippen LogP contribution in [0.4, 0.5) is 5.82 Å². The molecule has 4 heterocycles. The van der Waals surface area contributed by atoms with E-state index in [1.807, 2.05) is 36.9 Å². The van der Waals surface area contributed by atoms with Gasteiger partial charge in [0, 0.05) is 67.2 Å². The Morgan fingerprint density at radius 3 is 2.51 bits per heavy atom. The van der Waals surface area contributed by atoms with Crippen molar-refractivity contribution in [3.63, 3.8) is 0 Å². The molecule has 0 radical (unpaired) electrons. The van der Waals surface area contributed by atoms with Crippen molar-refractivity contribution >= 4 is 22.6 Å². The first-order chi connectivity index (χ1) is 18.7. The third kappa shape index (κ3) is 5.45. The van der Waals surface area contributed by atoms with Gasteiger partial charge < -0.3 is 20.1 Å². The smallest absolute Gasteiger partial charge is 0.253 e. The maximum Gasteiger partial charge on any atom is 0.253 e. The quantitative estimate of drug-likeness (QED) is 0.378. The predicted molar refractivity (Wildman–Crippen MR) is 155 cm³/mol. The second-order valence-electron chi connectivity index (χ2n) is 10.7. The summed E-state index contributed by atoms with van der Waals surface area (Å²) in [5.41, 5.74) is 5.43. The van der Waals surface area contributed by atoms with Crippen LogP contribution in [0.15, 0.2) is 47.5 Å². The van der Waals surface area contributed by atoms with Gasteiger partial charge in [0.15, 0.2) is 0 Å². The van der Waals surface area contributed by atoms with Crippen molar-refractivity contribution in [2.45, 2.75) is 46.7 Å². The summed E-state index contributed by atoms with van der Waals surface area (Å²) in [5, 5.41) is 8.35. The predicted octanol–water partition coefficient (Wildman–Crippen LogP) is 3.92. The number of pyridine rings is 2. The number of anilines is 1. The Morgan fingerprint density at radius 2 is 1.85 bits per heavy atom. The van der Waals surface area contributed by atoms with Crippen LogP contribution in [-0.4, -0.2) is 63.8 Å². The number of rotatable bonds is 7. The molecule has 1 aliphatic rings. The first kappa shape index (κ1) is 26.6. The molecule has 9 heteroatoms. The molecule has 0 atom stereocenters. The van der Waals surface area contributed by atoms with Crippen LogP contribution >= 0.6 is 0 Å². The van der Waals surface area contributed by atoms with E-state index in [0.717, 1.165) is 65.3 Å². The number of aryl methyl sites for hydroxylation is 2. The zero-order chi connectivity index (χ0) is 27.7. The van der Waals surface area contributed by atoms with Crippen molar-refractivity contribution < 1.29 is 4.79 Å². The highest BCUT2D eigenvalue weighted by atomic mass is 16.1. The number of H-pyrrole nitrogens is 1. The lowest BCUT2D eigenvalue weighted by Gasteiger charge is -2.33. The van der Waals surface area contributed by atoms with Crippen molar-refractivity contribution in [3.05, 3.63) is 75.5 Å². The van der Waals surface area contributed by atoms with Gasteiger partial charge in [0.1, 0.15) is 5.82 Å². The topological polar surface area (TPSA) is 99.2 Å². The Bertz CT molecular complexity index is 1540. The maximum absolute atomic E-state index is 13.6. The van der Waals surface area contributed by atoms with Crippen LogP contribution in [0.5, 0.6) is 0 Å². The third-order valence-electron chi connectivity index (χ3n) is 7.53. The Hall–Kier alpha value is -3.98. The van der Waals surface area contributed by atoms with Crippen molar-refractivity contribution in [1.82, 2.24) is 30.0 Å². The number of benzene rings is 1. The number of piperazine rings is 1. The Balaban J connectivity index is 1.48. The molecule has 3 aromatic heterocycles. The van der Waals surface area contributed by atoms with Gasteiger partial charge in [0.25, 0.3) is 11.5 Å². The van der Waals surface area contributed by atoms with Gasteiger partial charge in [-0.2, -0.15) is 5.10 Å². The number of amides is 1. The van der Waals surface area contributed by atoms with Crippen molar-refractivity contribution in [2.75, 3.05) is 38.1 Å². The molecule has 0 saturated carbocycles. The molecule has 1 fully saturated rings. The van der Waals surface area contributed by atoms with E-state index in [9.17, 15) is 9.59 Å². The summed E-state index contributed by atoms with van der Waals surface area (Å²) < 4.78 is 1.93. The molecule has 0 aliphatic carbocycles. The van der Waals surface area contributed by atoms with Gasteiger partial charge in [-0.25, -0.2) is 4.98 Å². The molecule has 1 aliphatic heterocycles. The largest absolute Gasteiger partial charge is 0.354 e. The summed E-state index contributed by atoms with van der Waals surface area (Å²) in [4.78, 5) is 38.4. The van der Waals surface area contributed by atoms with Crippen LogP contribution in [0.1, 0.15) is 54.0 Å². The van der Waals surface area contributed by atoms with Gasteiger partial charge in [0.2, 0.25) is 0 Å². The number of nitrogens with one attached hydrogen (secondary N) is 2. The minimum atomic E-state index is -0.241. The van der Waals surface area contributed by atoms with Gasteiger partial charge in [-0.15, -0.1) is 0 Å². The fraction of sp³-hybridized carbons (Fsp3) is 0.400. The molecule has 0 bridgehead atoms. The molecular weight excluding hydrogens is 490 g/mol. The molecular formula is C30H37N7O2. The maximum atomic E-state index is 13.6. The number of likely N-dealkylation sites (N-methyl/N-ethyl adjacent to an activating group) is 1. The third-order valence-corrected chi connectivity index (χ3v) is 7.53. The van der Waals surface area contributed by atoms with Gasteiger partial charge in [-0.3, -0.25) is 14.3 Å². The molecule has 1 aromatic carbocycles. The summed E-state index contributed by atoms with van der Waals surface area (Å²) in [6.07, 6.45) is 4.35. The van der Waals surface area contributed by atoms with Crippen LogP contribution in [0, 0.1) is 6.92 Å². The first-order valence-electron chi connectivity index (χ1n) is 13.7. The number of hydrogen-bond acceptors (Lipinski definition) is 6. The lowest BCUT2D eigenvalue weighted by molar-refractivity contribution is 0.0952. The van der Waals surface area contributed by atoms with Gasteiger partial charge in [-0.05, 0) is 75.7 Å². The van der Waals surface area contributed by atoms with E-state index in [2.05, 4.69) is 64.3 Å². The zero-order valence-electron chi connectivity index (χ0n) is 23.4. The first-order valence-corrected chi connectivity index (χ1v) is 13.7. The summed E-state index contributed by atoms with van der Waals surface area (Å²) in [6, 6.07) is 10.2. The molecule has 5 rings (SSSR count). The SMILES string of the molecule is CCc1cc(C)[nH]c(=O)c1CNC(=O)c1cc(-c2ccc(N3CCN(C)CC3)nc2)cc2c1cnn2C(C)C. The normalized spacial score (nSPS) is 14.4. The van der Waals surface area contributed by atoms with Crippen molar-refractivity contribution in [1.29, 1.82) is 0 Å². The van der Waals surface area contributed by atoms with Gasteiger partial charge in [0.05, 0.1) is 17.3 Å². The van der Waals surface area contributed by atoms with E-state index in [4.69, 9.17) is 4.98 Å². The van der Waals surface area contributed by atoms with E-state index >= 15 is 0 Å². The molecule has 1 amide bonds. The summed E-state index contributed by atoms with van der Waals surface area (Å²) in [6.45, 7) is 12.1. The van der Waals surface area contributed by atoms with Gasteiger partial charge >= 0.3 is 0 Å². The van der Waals surface area contributed by atoms with E-state index < -0.39 is 0 Å². The van der Waals surface area contributed by atoms with Crippen LogP contribution in [0.2, 0.25) is 0 Å². The highest BCUT2D eigenvalue weighted by Crippen LogP contribution is 2.30. The average Bonchev–Trinajstić information content (AvgIpc) is 3.36. The Morgan fingerprint density at radius 1 is 1.08 bits per heavy atom. The number of hydrogen-bond donors (Lipinski definition) is 2. The molecule has 204 valence electrons. The van der Waals surface area contributed by atoms with Crippen LogP contribution in [0.25, 0.3) is 22.0 Å². The zero-order valence-corrected chi connectivity index (χ0v) is 23.4. The van der Waals surface area contributed by atoms with Crippen LogP contribution in [0.3, 0.4) is 0 Å². The van der Waals surface area contributed by atoms with E-state index in [1.165, 1.54) is 0 Å². The minimum Gasteiger partial charge on any atom is -0.354 e. The van der Waals surface area contributed by atoms with E-state index in [0.29, 0.717) is 17.5 Å². The van der Waals surface area contributed by atoms with Crippen LogP contribution in [-0.2, 0) is 13.0 Å².